The number of benzene rings is 2. The molecule has 0 N–H and O–H groups in total. The van der Waals surface area contributed by atoms with E-state index in [9.17, 15) is 14.4 Å². The molecule has 0 atom stereocenters. The molecule has 1 saturated heterocycles. The Hall–Kier alpha value is -4.20. The third kappa shape index (κ3) is 4.01. The number of likely N-dealkylation sites (tertiary alicyclic amines) is 1. The number of fused-ring (bicyclic) bond motifs is 1. The van der Waals surface area contributed by atoms with Crippen LogP contribution < -0.4 is 16.0 Å². The first-order valence-electron chi connectivity index (χ1n) is 11.6. The van der Waals surface area contributed by atoms with Crippen LogP contribution in [-0.4, -0.2) is 45.1 Å². The summed E-state index contributed by atoms with van der Waals surface area (Å²) >= 11 is 0. The van der Waals surface area contributed by atoms with Gasteiger partial charge < -0.3 is 9.64 Å². The van der Waals surface area contributed by atoms with Gasteiger partial charge in [-0.25, -0.2) is 14.3 Å². The molecule has 35 heavy (non-hydrogen) atoms. The molecule has 0 unspecified atom stereocenters. The summed E-state index contributed by atoms with van der Waals surface area (Å²) in [7, 11) is 1.52. The van der Waals surface area contributed by atoms with Crippen molar-refractivity contribution in [3.63, 3.8) is 0 Å². The summed E-state index contributed by atoms with van der Waals surface area (Å²) in [5.74, 6) is 0.239. The summed E-state index contributed by atoms with van der Waals surface area (Å²) in [4.78, 5) is 47.6. The molecule has 8 nitrogen and oxygen atoms in total. The molecule has 2 aromatic heterocycles. The Balaban J connectivity index is 1.88. The zero-order chi connectivity index (χ0) is 24.5. The minimum Gasteiger partial charge on any atom is -0.495 e. The number of methoxy groups -OCH3 is 1. The molecule has 1 amide bonds. The highest BCUT2D eigenvalue weighted by Gasteiger charge is 2.27. The van der Waals surface area contributed by atoms with E-state index in [-0.39, 0.29) is 29.0 Å². The number of rotatable bonds is 5. The van der Waals surface area contributed by atoms with Gasteiger partial charge in [-0.15, -0.1) is 0 Å². The van der Waals surface area contributed by atoms with Crippen LogP contribution in [0.4, 0.5) is 0 Å². The molecule has 0 saturated carbocycles. The molecular weight excluding hydrogens is 444 g/mol. The van der Waals surface area contributed by atoms with Crippen molar-refractivity contribution in [2.24, 2.45) is 0 Å². The van der Waals surface area contributed by atoms with Gasteiger partial charge in [0.1, 0.15) is 5.75 Å². The Kier molecular flexibility index (Phi) is 5.94. The number of aryl methyl sites for hydroxylation is 1. The van der Waals surface area contributed by atoms with E-state index in [1.165, 1.54) is 16.2 Å². The Morgan fingerprint density at radius 2 is 1.69 bits per heavy atom. The largest absolute Gasteiger partial charge is 0.495 e. The lowest BCUT2D eigenvalue weighted by Crippen LogP contribution is -2.41. The number of nitrogens with zero attached hydrogens (tertiary/aromatic N) is 4. The normalized spacial score (nSPS) is 13.4. The maximum atomic E-state index is 13.9. The quantitative estimate of drug-likeness (QED) is 0.447. The van der Waals surface area contributed by atoms with Gasteiger partial charge in [0.15, 0.2) is 5.65 Å². The highest BCUT2D eigenvalue weighted by atomic mass is 16.5. The third-order valence-electron chi connectivity index (χ3n) is 6.35. The van der Waals surface area contributed by atoms with Crippen LogP contribution in [0.2, 0.25) is 0 Å². The first-order chi connectivity index (χ1) is 17.0. The van der Waals surface area contributed by atoms with Gasteiger partial charge in [0.05, 0.1) is 30.3 Å². The fraction of sp³-hybridized carbons (Fsp3) is 0.259. The summed E-state index contributed by atoms with van der Waals surface area (Å²) in [6.07, 6.45) is 1.86. The lowest BCUT2D eigenvalue weighted by molar-refractivity contribution is 0.0794. The van der Waals surface area contributed by atoms with E-state index >= 15 is 0 Å². The van der Waals surface area contributed by atoms with Crippen LogP contribution in [0, 0.1) is 6.92 Å². The number of aromatic nitrogens is 3. The van der Waals surface area contributed by atoms with Crippen molar-refractivity contribution < 1.29 is 9.53 Å². The van der Waals surface area contributed by atoms with Crippen LogP contribution >= 0.6 is 0 Å². The number of amides is 1. The lowest BCUT2D eigenvalue weighted by atomic mass is 10.1. The topological polar surface area (TPSA) is 86.4 Å². The molecular formula is C27H26N4O4. The van der Waals surface area contributed by atoms with Crippen LogP contribution in [0.3, 0.4) is 0 Å². The van der Waals surface area contributed by atoms with Gasteiger partial charge >= 0.3 is 5.69 Å². The molecule has 1 aliphatic heterocycles. The molecule has 3 heterocycles. The number of ether oxygens (including phenoxy) is 1. The SMILES string of the molecule is COc1ccccc1-n1c(=O)n(Cc2ccccc2)c(=O)c2c(C(=O)N3CCCC3)cc(C)nc21. The number of carbonyl (C=O) groups is 1. The number of carbonyl (C=O) groups excluding carboxylic acids is 1. The van der Waals surface area contributed by atoms with Crippen LogP contribution in [0.15, 0.2) is 70.3 Å². The summed E-state index contributed by atoms with van der Waals surface area (Å²) in [5, 5.41) is 0.133. The van der Waals surface area contributed by atoms with Crippen molar-refractivity contribution in [1.82, 2.24) is 19.0 Å². The van der Waals surface area contributed by atoms with E-state index in [0.717, 1.165) is 18.4 Å². The number of hydrogen-bond acceptors (Lipinski definition) is 5. The molecule has 5 rings (SSSR count). The Morgan fingerprint density at radius 1 is 1.00 bits per heavy atom. The fourth-order valence-electron chi connectivity index (χ4n) is 4.66. The average Bonchev–Trinajstić information content (AvgIpc) is 3.41. The van der Waals surface area contributed by atoms with E-state index in [2.05, 4.69) is 4.98 Å². The fourth-order valence-corrected chi connectivity index (χ4v) is 4.66. The predicted octanol–water partition coefficient (Wildman–Crippen LogP) is 3.15. The van der Waals surface area contributed by atoms with Crippen LogP contribution in [0.5, 0.6) is 5.75 Å². The van der Waals surface area contributed by atoms with Crippen molar-refractivity contribution in [2.75, 3.05) is 20.2 Å². The van der Waals surface area contributed by atoms with Gasteiger partial charge in [-0.2, -0.15) is 0 Å². The second kappa shape index (κ2) is 9.21. The van der Waals surface area contributed by atoms with Crippen molar-refractivity contribution in [3.05, 3.63) is 98.3 Å². The van der Waals surface area contributed by atoms with Gasteiger partial charge in [-0.1, -0.05) is 42.5 Å². The number of para-hydroxylation sites is 2. The smallest absolute Gasteiger partial charge is 0.337 e. The summed E-state index contributed by atoms with van der Waals surface area (Å²) in [6, 6.07) is 18.0. The number of hydrogen-bond donors (Lipinski definition) is 0. The molecule has 8 heteroatoms. The molecule has 1 aliphatic rings. The lowest BCUT2D eigenvalue weighted by Gasteiger charge is -2.20. The molecule has 178 valence electrons. The van der Waals surface area contributed by atoms with Gasteiger partial charge in [0.25, 0.3) is 11.5 Å². The highest BCUT2D eigenvalue weighted by Crippen LogP contribution is 2.25. The van der Waals surface area contributed by atoms with Gasteiger partial charge in [0, 0.05) is 18.8 Å². The standard InChI is InChI=1S/C27H26N4O4/c1-18-16-20(25(32)29-14-8-9-15-29)23-24(28-18)31(21-12-6-7-13-22(21)35-2)27(34)30(26(23)33)17-19-10-4-3-5-11-19/h3-7,10-13,16H,8-9,14-15,17H2,1-2H3. The van der Waals surface area contributed by atoms with E-state index in [4.69, 9.17) is 4.74 Å². The van der Waals surface area contributed by atoms with E-state index in [1.807, 2.05) is 30.3 Å². The predicted molar refractivity (Wildman–Crippen MR) is 134 cm³/mol. The molecule has 0 aliphatic carbocycles. The van der Waals surface area contributed by atoms with E-state index in [0.29, 0.717) is 30.2 Å². The first kappa shape index (κ1) is 22.6. The molecule has 4 aromatic rings. The zero-order valence-corrected chi connectivity index (χ0v) is 19.7. The minimum atomic E-state index is -0.548. The van der Waals surface area contributed by atoms with Crippen molar-refractivity contribution in [3.8, 4) is 11.4 Å². The van der Waals surface area contributed by atoms with Gasteiger partial charge in [-0.3, -0.25) is 14.2 Å². The van der Waals surface area contributed by atoms with Gasteiger partial charge in [0.2, 0.25) is 0 Å². The molecule has 2 aromatic carbocycles. The maximum absolute atomic E-state index is 13.9. The van der Waals surface area contributed by atoms with Crippen molar-refractivity contribution in [2.45, 2.75) is 26.3 Å². The van der Waals surface area contributed by atoms with E-state index in [1.54, 1.807) is 42.2 Å². The Morgan fingerprint density at radius 3 is 2.40 bits per heavy atom. The molecule has 0 bridgehead atoms. The Bertz CT molecular complexity index is 1530. The summed E-state index contributed by atoms with van der Waals surface area (Å²) < 4.78 is 8.08. The summed E-state index contributed by atoms with van der Waals surface area (Å²) in [5.41, 5.74) is 1.13. The number of pyridine rings is 1. The third-order valence-corrected chi connectivity index (χ3v) is 6.35. The molecule has 1 fully saturated rings. The average molecular weight is 471 g/mol. The van der Waals surface area contributed by atoms with Gasteiger partial charge in [-0.05, 0) is 43.5 Å². The van der Waals surface area contributed by atoms with E-state index < -0.39 is 11.2 Å². The molecule has 0 spiro atoms. The van der Waals surface area contributed by atoms with Crippen LogP contribution in [-0.2, 0) is 6.54 Å². The molecule has 0 radical (unpaired) electrons. The monoisotopic (exact) mass is 470 g/mol. The van der Waals surface area contributed by atoms with Crippen molar-refractivity contribution >= 4 is 16.9 Å². The highest BCUT2D eigenvalue weighted by molar-refractivity contribution is 6.05. The second-order valence-corrected chi connectivity index (χ2v) is 8.68. The Labute approximate surface area is 202 Å². The maximum Gasteiger partial charge on any atom is 0.337 e. The van der Waals surface area contributed by atoms with Crippen LogP contribution in [0.25, 0.3) is 16.7 Å². The second-order valence-electron chi connectivity index (χ2n) is 8.68. The zero-order valence-electron chi connectivity index (χ0n) is 19.7. The summed E-state index contributed by atoms with van der Waals surface area (Å²) in [6.45, 7) is 3.11. The van der Waals surface area contributed by atoms with Crippen LogP contribution in [0.1, 0.15) is 34.5 Å². The first-order valence-corrected chi connectivity index (χ1v) is 11.6. The minimum absolute atomic E-state index is 0.0643. The van der Waals surface area contributed by atoms with Crippen molar-refractivity contribution in [1.29, 1.82) is 0 Å².